The Balaban J connectivity index is 1.93. The molecular weight excluding hydrogens is 354 g/mol. The quantitative estimate of drug-likeness (QED) is 0.302. The van der Waals surface area contributed by atoms with Gasteiger partial charge >= 0.3 is 5.97 Å². The first kappa shape index (κ1) is 19.7. The lowest BCUT2D eigenvalue weighted by atomic mass is 10.2. The van der Waals surface area contributed by atoms with Gasteiger partial charge in [-0.2, -0.15) is 0 Å². The maximum atomic E-state index is 12.2. The van der Waals surface area contributed by atoms with E-state index in [-0.39, 0.29) is 17.2 Å². The van der Waals surface area contributed by atoms with E-state index in [0.717, 1.165) is 31.0 Å². The summed E-state index contributed by atoms with van der Waals surface area (Å²) < 4.78 is 5.25. The molecule has 0 fully saturated rings. The van der Waals surface area contributed by atoms with Crippen LogP contribution >= 0.6 is 11.8 Å². The number of carbonyl (C=O) groups is 2. The minimum atomic E-state index is -0.460. The molecule has 2 aromatic rings. The summed E-state index contributed by atoms with van der Waals surface area (Å²) in [7, 11) is 0. The Labute approximate surface area is 155 Å². The Morgan fingerprint density at radius 2 is 2.04 bits per heavy atom. The third-order valence-corrected chi connectivity index (χ3v) is 4.28. The number of nitrogens with one attached hydrogen (secondary N) is 2. The average molecular weight is 375 g/mol. The second kappa shape index (κ2) is 10.4. The number of thioether (sulfide) groups is 1. The second-order valence-electron chi connectivity index (χ2n) is 5.46. The van der Waals surface area contributed by atoms with Gasteiger partial charge in [0.2, 0.25) is 5.91 Å². The fourth-order valence-electron chi connectivity index (χ4n) is 2.11. The summed E-state index contributed by atoms with van der Waals surface area (Å²) >= 11 is 1.10. The molecule has 1 aromatic carbocycles. The van der Waals surface area contributed by atoms with Gasteiger partial charge in [-0.05, 0) is 18.6 Å². The number of para-hydroxylation sites is 1. The first-order chi connectivity index (χ1) is 12.6. The zero-order valence-electron chi connectivity index (χ0n) is 14.5. The maximum absolute atomic E-state index is 12.2. The van der Waals surface area contributed by atoms with Crippen LogP contribution in [0.4, 0.5) is 5.69 Å². The molecule has 0 aliphatic heterocycles. The number of rotatable bonds is 9. The highest BCUT2D eigenvalue weighted by atomic mass is 32.2. The van der Waals surface area contributed by atoms with Crippen molar-refractivity contribution in [3.05, 3.63) is 52.4 Å². The van der Waals surface area contributed by atoms with Gasteiger partial charge in [-0.1, -0.05) is 43.7 Å². The highest BCUT2D eigenvalue weighted by molar-refractivity contribution is 7.99. The minimum absolute atomic E-state index is 0.0484. The number of nitrogens with zero attached hydrogens (tertiary/aromatic N) is 1. The van der Waals surface area contributed by atoms with E-state index in [0.29, 0.717) is 23.0 Å². The molecule has 1 heterocycles. The number of carbonyl (C=O) groups excluding carboxylic acids is 2. The lowest BCUT2D eigenvalue weighted by molar-refractivity contribution is -0.113. The largest absolute Gasteiger partial charge is 0.462 e. The first-order valence-corrected chi connectivity index (χ1v) is 9.33. The number of amides is 1. The van der Waals surface area contributed by atoms with Crippen LogP contribution in [0.15, 0.2) is 46.5 Å². The molecule has 0 aliphatic rings. The summed E-state index contributed by atoms with van der Waals surface area (Å²) in [5.41, 5.74) is 0.431. The van der Waals surface area contributed by atoms with Crippen molar-refractivity contribution in [1.29, 1.82) is 0 Å². The zero-order chi connectivity index (χ0) is 18.8. The molecule has 0 spiro atoms. The Bertz CT molecular complexity index is 807. The van der Waals surface area contributed by atoms with E-state index in [4.69, 9.17) is 4.74 Å². The van der Waals surface area contributed by atoms with Gasteiger partial charge < -0.3 is 15.0 Å². The number of hydrogen-bond acceptors (Lipinski definition) is 6. The van der Waals surface area contributed by atoms with Crippen molar-refractivity contribution in [3.63, 3.8) is 0 Å². The minimum Gasteiger partial charge on any atom is -0.462 e. The Kier molecular flexibility index (Phi) is 7.88. The highest BCUT2D eigenvalue weighted by Gasteiger charge is 2.14. The number of ether oxygens (including phenoxy) is 1. The summed E-state index contributed by atoms with van der Waals surface area (Å²) in [5.74, 6) is -0.723. The molecule has 0 bridgehead atoms. The van der Waals surface area contributed by atoms with Crippen LogP contribution < -0.4 is 10.9 Å². The molecule has 0 radical (unpaired) electrons. The summed E-state index contributed by atoms with van der Waals surface area (Å²) in [5, 5.41) is 3.06. The number of H-pyrrole nitrogens is 1. The summed E-state index contributed by atoms with van der Waals surface area (Å²) in [6.07, 6.45) is 4.24. The molecule has 0 atom stereocenters. The van der Waals surface area contributed by atoms with E-state index in [1.807, 2.05) is 0 Å². The second-order valence-corrected chi connectivity index (χ2v) is 6.43. The van der Waals surface area contributed by atoms with Crippen LogP contribution in [-0.2, 0) is 9.53 Å². The van der Waals surface area contributed by atoms with Gasteiger partial charge in [-0.3, -0.25) is 9.59 Å². The fraction of sp³-hybridized carbons (Fsp3) is 0.333. The number of aromatic amines is 1. The van der Waals surface area contributed by atoms with Crippen LogP contribution in [0, 0.1) is 0 Å². The van der Waals surface area contributed by atoms with Crippen molar-refractivity contribution in [2.75, 3.05) is 17.7 Å². The molecule has 8 heteroatoms. The van der Waals surface area contributed by atoms with E-state index < -0.39 is 5.97 Å². The molecule has 0 saturated heterocycles. The third-order valence-electron chi connectivity index (χ3n) is 3.39. The predicted octanol–water partition coefficient (Wildman–Crippen LogP) is 2.85. The Morgan fingerprint density at radius 1 is 1.23 bits per heavy atom. The van der Waals surface area contributed by atoms with E-state index in [2.05, 4.69) is 22.2 Å². The number of hydrogen-bond donors (Lipinski definition) is 2. The van der Waals surface area contributed by atoms with Crippen LogP contribution in [-0.4, -0.2) is 34.2 Å². The van der Waals surface area contributed by atoms with Crippen LogP contribution in [0.2, 0.25) is 0 Å². The number of esters is 1. The molecule has 2 N–H and O–H groups in total. The number of anilines is 1. The summed E-state index contributed by atoms with van der Waals surface area (Å²) in [6.45, 7) is 2.43. The molecule has 1 amide bonds. The molecule has 0 unspecified atom stereocenters. The van der Waals surface area contributed by atoms with Crippen LogP contribution in [0.5, 0.6) is 0 Å². The molecule has 7 nitrogen and oxygen atoms in total. The Hall–Kier alpha value is -2.61. The van der Waals surface area contributed by atoms with E-state index in [1.165, 1.54) is 12.3 Å². The number of benzene rings is 1. The molecular formula is C18H21N3O4S. The van der Waals surface area contributed by atoms with Gasteiger partial charge in [0.15, 0.2) is 5.16 Å². The predicted molar refractivity (Wildman–Crippen MR) is 100 cm³/mol. The number of aromatic nitrogens is 2. The average Bonchev–Trinajstić information content (AvgIpc) is 2.64. The van der Waals surface area contributed by atoms with Crippen LogP contribution in [0.1, 0.15) is 36.5 Å². The summed E-state index contributed by atoms with van der Waals surface area (Å²) in [4.78, 5) is 42.0. The molecule has 2 rings (SSSR count). The standard InChI is InChI=1S/C18H21N3O4S/c1-2-3-6-11-25-17(24)13-7-4-5-8-14(13)20-16(23)12-26-18-19-10-9-15(22)21-18/h4-5,7-10H,2-3,6,11-12H2,1H3,(H,20,23)(H,19,21,22). The van der Waals surface area contributed by atoms with Crippen molar-refractivity contribution in [2.45, 2.75) is 31.3 Å². The lowest BCUT2D eigenvalue weighted by Gasteiger charge is -2.10. The van der Waals surface area contributed by atoms with Crippen LogP contribution in [0.3, 0.4) is 0 Å². The van der Waals surface area contributed by atoms with E-state index in [1.54, 1.807) is 24.3 Å². The van der Waals surface area contributed by atoms with Gasteiger partial charge in [0.05, 0.1) is 23.6 Å². The maximum Gasteiger partial charge on any atom is 0.340 e. The van der Waals surface area contributed by atoms with Gasteiger partial charge in [-0.15, -0.1) is 0 Å². The molecule has 0 saturated carbocycles. The topological polar surface area (TPSA) is 101 Å². The van der Waals surface area contributed by atoms with Gasteiger partial charge in [-0.25, -0.2) is 9.78 Å². The monoisotopic (exact) mass is 375 g/mol. The smallest absolute Gasteiger partial charge is 0.340 e. The molecule has 26 heavy (non-hydrogen) atoms. The van der Waals surface area contributed by atoms with Gasteiger partial charge in [0, 0.05) is 12.3 Å². The molecule has 1 aromatic heterocycles. The van der Waals surface area contributed by atoms with Crippen molar-refractivity contribution in [1.82, 2.24) is 9.97 Å². The summed E-state index contributed by atoms with van der Waals surface area (Å²) in [6, 6.07) is 8.00. The van der Waals surface area contributed by atoms with Crippen molar-refractivity contribution < 1.29 is 14.3 Å². The third kappa shape index (κ3) is 6.36. The van der Waals surface area contributed by atoms with Gasteiger partial charge in [0.25, 0.3) is 5.56 Å². The van der Waals surface area contributed by atoms with Gasteiger partial charge in [0.1, 0.15) is 0 Å². The fourth-order valence-corrected chi connectivity index (χ4v) is 2.76. The van der Waals surface area contributed by atoms with E-state index in [9.17, 15) is 14.4 Å². The van der Waals surface area contributed by atoms with Crippen molar-refractivity contribution in [2.24, 2.45) is 0 Å². The van der Waals surface area contributed by atoms with Crippen molar-refractivity contribution >= 4 is 29.3 Å². The lowest BCUT2D eigenvalue weighted by Crippen LogP contribution is -2.18. The molecule has 0 aliphatic carbocycles. The van der Waals surface area contributed by atoms with E-state index >= 15 is 0 Å². The SMILES string of the molecule is CCCCCOC(=O)c1ccccc1NC(=O)CSc1nccc(=O)[nH]1. The number of unbranched alkanes of at least 4 members (excludes halogenated alkanes) is 2. The first-order valence-electron chi connectivity index (χ1n) is 8.34. The zero-order valence-corrected chi connectivity index (χ0v) is 15.3. The van der Waals surface area contributed by atoms with Crippen LogP contribution in [0.25, 0.3) is 0 Å². The van der Waals surface area contributed by atoms with Crippen molar-refractivity contribution in [3.8, 4) is 0 Å². The highest BCUT2D eigenvalue weighted by Crippen LogP contribution is 2.18. The normalized spacial score (nSPS) is 10.3. The Morgan fingerprint density at radius 3 is 2.81 bits per heavy atom. The molecule has 138 valence electrons.